The molecule has 0 aromatic heterocycles. The smallest absolute Gasteiger partial charge is 0.242 e. The Labute approximate surface area is 150 Å². The summed E-state index contributed by atoms with van der Waals surface area (Å²) in [5, 5.41) is 10.7. The van der Waals surface area contributed by atoms with E-state index in [4.69, 9.17) is 9.16 Å². The summed E-state index contributed by atoms with van der Waals surface area (Å²) in [6.45, 7) is 7.65. The summed E-state index contributed by atoms with van der Waals surface area (Å²) >= 11 is 0. The van der Waals surface area contributed by atoms with Gasteiger partial charge < -0.3 is 19.2 Å². The second kappa shape index (κ2) is 4.90. The van der Waals surface area contributed by atoms with Gasteiger partial charge in [0.05, 0.1) is 0 Å². The summed E-state index contributed by atoms with van der Waals surface area (Å²) in [5.74, 6) is 2.21. The second-order valence-corrected chi connectivity index (χ2v) is 13.6. The zero-order valence-corrected chi connectivity index (χ0v) is 16.5. The van der Waals surface area contributed by atoms with Crippen LogP contribution in [0.2, 0.25) is 19.6 Å². The maximum absolute atomic E-state index is 10.7. The summed E-state index contributed by atoms with van der Waals surface area (Å²) in [7, 11) is 0.498. The van der Waals surface area contributed by atoms with Gasteiger partial charge in [-0.2, -0.15) is 0 Å². The van der Waals surface area contributed by atoms with Crippen LogP contribution in [0, 0.1) is 5.92 Å². The van der Waals surface area contributed by atoms with Gasteiger partial charge >= 0.3 is 0 Å². The maximum atomic E-state index is 10.7. The van der Waals surface area contributed by atoms with E-state index in [0.29, 0.717) is 12.0 Å². The minimum absolute atomic E-state index is 0.0902. The molecule has 1 fully saturated rings. The Bertz CT molecular complexity index is 771. The number of hydrogen-bond acceptors (Lipinski definition) is 4. The Hall–Kier alpha value is -1.30. The predicted molar refractivity (Wildman–Crippen MR) is 99.9 cm³/mol. The molecule has 1 aromatic carbocycles. The molecule has 0 radical (unpaired) electrons. The fraction of sp³-hybridized carbons (Fsp3) is 0.600. The Morgan fingerprint density at radius 2 is 2.08 bits per heavy atom. The molecule has 134 valence electrons. The van der Waals surface area contributed by atoms with Crippen molar-refractivity contribution in [1.29, 1.82) is 0 Å². The highest BCUT2D eigenvalue weighted by atomic mass is 28.4. The molecule has 0 saturated carbocycles. The molecule has 5 atom stereocenters. The normalized spacial score (nSPS) is 38.3. The lowest BCUT2D eigenvalue weighted by atomic mass is 9.53. The SMILES string of the molecule is CN1CC[C@]23c4c5ccc(O[Si](C)(C)C)c4O[C@H]2[C@@H](O)C=C[C@H]3[C@H]1C5. The number of ether oxygens (including phenoxy) is 1. The van der Waals surface area contributed by atoms with Gasteiger partial charge in [-0.25, -0.2) is 0 Å². The van der Waals surface area contributed by atoms with Crippen LogP contribution in [0.1, 0.15) is 17.5 Å². The van der Waals surface area contributed by atoms with Crippen molar-refractivity contribution in [3.8, 4) is 11.5 Å². The van der Waals surface area contributed by atoms with Crippen molar-refractivity contribution in [2.75, 3.05) is 13.6 Å². The molecular weight excluding hydrogens is 330 g/mol. The first-order valence-electron chi connectivity index (χ1n) is 9.40. The highest BCUT2D eigenvalue weighted by Crippen LogP contribution is 2.62. The lowest BCUT2D eigenvalue weighted by molar-refractivity contribution is -0.0452. The first-order valence-corrected chi connectivity index (χ1v) is 12.8. The van der Waals surface area contributed by atoms with Crippen LogP contribution in [0.3, 0.4) is 0 Å². The number of likely N-dealkylation sites (N-methyl/N-ethyl adjacent to an activating group) is 1. The fourth-order valence-corrected chi connectivity index (χ4v) is 6.46. The Morgan fingerprint density at radius 3 is 2.84 bits per heavy atom. The molecule has 2 heterocycles. The van der Waals surface area contributed by atoms with Crippen LogP contribution in [0.15, 0.2) is 24.3 Å². The van der Waals surface area contributed by atoms with E-state index in [9.17, 15) is 5.11 Å². The molecular formula is C20H27NO3Si. The van der Waals surface area contributed by atoms with Gasteiger partial charge in [-0.05, 0) is 57.7 Å². The number of piperidine rings is 1. The zero-order valence-electron chi connectivity index (χ0n) is 15.5. The van der Waals surface area contributed by atoms with Gasteiger partial charge in [0.1, 0.15) is 18.0 Å². The van der Waals surface area contributed by atoms with E-state index >= 15 is 0 Å². The maximum Gasteiger partial charge on any atom is 0.242 e. The van der Waals surface area contributed by atoms with Crippen LogP contribution in [0.25, 0.3) is 0 Å². The summed E-state index contributed by atoms with van der Waals surface area (Å²) in [4.78, 5) is 2.49. The summed E-state index contributed by atoms with van der Waals surface area (Å²) in [6, 6.07) is 4.83. The van der Waals surface area contributed by atoms with E-state index in [2.05, 4.69) is 49.8 Å². The second-order valence-electron chi connectivity index (χ2n) is 9.12. The largest absolute Gasteiger partial charge is 0.542 e. The van der Waals surface area contributed by atoms with Crippen molar-refractivity contribution < 1.29 is 14.3 Å². The molecule has 25 heavy (non-hydrogen) atoms. The molecule has 1 saturated heterocycles. The summed E-state index contributed by atoms with van der Waals surface area (Å²) in [5.41, 5.74) is 2.63. The predicted octanol–water partition coefficient (Wildman–Crippen LogP) is 2.71. The number of aliphatic hydroxyl groups is 1. The molecule has 1 N–H and O–H groups in total. The van der Waals surface area contributed by atoms with Crippen LogP contribution < -0.4 is 9.16 Å². The van der Waals surface area contributed by atoms with Crippen molar-refractivity contribution in [3.63, 3.8) is 0 Å². The van der Waals surface area contributed by atoms with Crippen molar-refractivity contribution in [2.45, 2.75) is 56.1 Å². The third-order valence-electron chi connectivity index (χ3n) is 6.55. The molecule has 1 aromatic rings. The number of benzene rings is 1. The van der Waals surface area contributed by atoms with Gasteiger partial charge in [0.2, 0.25) is 8.32 Å². The van der Waals surface area contributed by atoms with E-state index in [0.717, 1.165) is 30.9 Å². The minimum atomic E-state index is -1.73. The lowest BCUT2D eigenvalue weighted by Gasteiger charge is -2.56. The Morgan fingerprint density at radius 1 is 1.28 bits per heavy atom. The number of rotatable bonds is 2. The van der Waals surface area contributed by atoms with Gasteiger partial charge in [-0.3, -0.25) is 0 Å². The van der Waals surface area contributed by atoms with Crippen molar-refractivity contribution >= 4 is 8.32 Å². The average Bonchev–Trinajstić information content (AvgIpc) is 2.88. The number of likely N-dealkylation sites (tertiary alicyclic amines) is 1. The van der Waals surface area contributed by atoms with Crippen molar-refractivity contribution in [3.05, 3.63) is 35.4 Å². The third kappa shape index (κ3) is 2.00. The van der Waals surface area contributed by atoms with E-state index in [1.165, 1.54) is 11.1 Å². The van der Waals surface area contributed by atoms with Crippen molar-refractivity contribution in [2.24, 2.45) is 5.92 Å². The fourth-order valence-electron chi connectivity index (χ4n) is 5.64. The number of hydrogen-bond donors (Lipinski definition) is 1. The first kappa shape index (κ1) is 15.9. The van der Waals surface area contributed by atoms with Crippen LogP contribution >= 0.6 is 0 Å². The van der Waals surface area contributed by atoms with Crippen LogP contribution in [0.4, 0.5) is 0 Å². The average molecular weight is 358 g/mol. The molecule has 2 bridgehead atoms. The Kier molecular flexibility index (Phi) is 3.12. The van der Waals surface area contributed by atoms with Gasteiger partial charge in [0.25, 0.3) is 0 Å². The molecule has 5 rings (SSSR count). The molecule has 2 aliphatic carbocycles. The third-order valence-corrected chi connectivity index (χ3v) is 7.38. The monoisotopic (exact) mass is 357 g/mol. The molecule has 1 spiro atoms. The minimum Gasteiger partial charge on any atom is -0.542 e. The van der Waals surface area contributed by atoms with Crippen LogP contribution in [0.5, 0.6) is 11.5 Å². The number of nitrogens with zero attached hydrogens (tertiary/aromatic N) is 1. The van der Waals surface area contributed by atoms with Crippen LogP contribution in [-0.4, -0.2) is 50.2 Å². The van der Waals surface area contributed by atoms with E-state index < -0.39 is 14.4 Å². The van der Waals surface area contributed by atoms with Gasteiger partial charge in [0.15, 0.2) is 5.75 Å². The van der Waals surface area contributed by atoms with Gasteiger partial charge in [0, 0.05) is 22.9 Å². The highest BCUT2D eigenvalue weighted by Gasteiger charge is 2.64. The quantitative estimate of drug-likeness (QED) is 0.653. The van der Waals surface area contributed by atoms with Crippen LogP contribution in [-0.2, 0) is 11.8 Å². The van der Waals surface area contributed by atoms with Gasteiger partial charge in [-0.15, -0.1) is 0 Å². The first-order chi connectivity index (χ1) is 11.8. The topological polar surface area (TPSA) is 41.9 Å². The van der Waals surface area contributed by atoms with Gasteiger partial charge in [-0.1, -0.05) is 18.2 Å². The summed E-state index contributed by atoms with van der Waals surface area (Å²) < 4.78 is 12.8. The Balaban J connectivity index is 1.73. The van der Waals surface area contributed by atoms with E-state index in [-0.39, 0.29) is 11.5 Å². The van der Waals surface area contributed by atoms with E-state index in [1.54, 1.807) is 0 Å². The molecule has 0 unspecified atom stereocenters. The lowest BCUT2D eigenvalue weighted by Crippen LogP contribution is -2.64. The standard InChI is InChI=1S/C20H27NO3Si/c1-21-10-9-20-13-6-7-15(22)19(20)23-18-16(24-25(2,3)4)8-5-12(17(18)20)11-14(13)21/h5-8,13-15,19,22H,9-11H2,1-4H3/t13-,14+,15-,19-,20-/m0/s1. The molecule has 0 amide bonds. The van der Waals surface area contributed by atoms with Crippen molar-refractivity contribution in [1.82, 2.24) is 4.90 Å². The number of aliphatic hydroxyl groups excluding tert-OH is 1. The molecule has 4 nitrogen and oxygen atoms in total. The summed E-state index contributed by atoms with van der Waals surface area (Å²) in [6.07, 6.45) is 5.57. The zero-order chi connectivity index (χ0) is 17.6. The molecule has 2 aliphatic heterocycles. The molecule has 4 aliphatic rings. The highest BCUT2D eigenvalue weighted by molar-refractivity contribution is 6.70. The molecule has 5 heteroatoms. The van der Waals surface area contributed by atoms with E-state index in [1.807, 2.05) is 6.08 Å².